The maximum Gasteiger partial charge on any atom is 0.238 e. The molecule has 0 saturated heterocycles. The first-order valence-corrected chi connectivity index (χ1v) is 6.44. The molecule has 2 aromatic heterocycles. The van der Waals surface area contributed by atoms with E-state index in [4.69, 9.17) is 4.52 Å². The number of H-pyrrole nitrogens is 1. The number of nitrogens with one attached hydrogen (secondary N) is 2. The number of nitrogens with zero attached hydrogens (tertiary/aromatic N) is 3. The molecular weight excluding hydrogens is 254 g/mol. The summed E-state index contributed by atoms with van der Waals surface area (Å²) in [5, 5.41) is 7.20. The highest BCUT2D eigenvalue weighted by Crippen LogP contribution is 2.11. The first-order valence-electron chi connectivity index (χ1n) is 6.44. The largest absolute Gasteiger partial charge is 0.385 e. The number of aromatic nitrogens is 4. The van der Waals surface area contributed by atoms with Gasteiger partial charge in [0.25, 0.3) is 0 Å². The standard InChI is InChI=1S/C14H15N5O/c1-10-2-4-11(5-3-10)15-7-6-12-18-14(19-20-12)13-16-8-9-17-13/h2-5,8-9,15H,6-7H2,1H3,(H,16,17). The van der Waals surface area contributed by atoms with Crippen molar-refractivity contribution in [3.05, 3.63) is 48.1 Å². The van der Waals surface area contributed by atoms with Gasteiger partial charge in [-0.2, -0.15) is 4.98 Å². The maximum absolute atomic E-state index is 5.18. The Hall–Kier alpha value is -2.63. The lowest BCUT2D eigenvalue weighted by Gasteiger charge is -2.04. The van der Waals surface area contributed by atoms with Gasteiger partial charge < -0.3 is 14.8 Å². The lowest BCUT2D eigenvalue weighted by molar-refractivity contribution is 0.381. The highest BCUT2D eigenvalue weighted by molar-refractivity contribution is 5.44. The second-order valence-electron chi connectivity index (χ2n) is 4.49. The van der Waals surface area contributed by atoms with E-state index in [1.165, 1.54) is 5.56 Å². The van der Waals surface area contributed by atoms with Gasteiger partial charge in [0, 0.05) is 31.0 Å². The molecule has 0 saturated carbocycles. The average Bonchev–Trinajstić information content (AvgIpc) is 3.11. The monoisotopic (exact) mass is 269 g/mol. The summed E-state index contributed by atoms with van der Waals surface area (Å²) in [6.45, 7) is 2.81. The normalized spacial score (nSPS) is 10.7. The predicted molar refractivity (Wildman–Crippen MR) is 75.3 cm³/mol. The molecule has 3 aromatic rings. The van der Waals surface area contributed by atoms with Crippen LogP contribution in [0.15, 0.2) is 41.2 Å². The third kappa shape index (κ3) is 2.85. The molecule has 1 aromatic carbocycles. The van der Waals surface area contributed by atoms with Gasteiger partial charge in [-0.25, -0.2) is 4.98 Å². The minimum atomic E-state index is 0.486. The quantitative estimate of drug-likeness (QED) is 0.743. The minimum Gasteiger partial charge on any atom is -0.385 e. The molecule has 2 N–H and O–H groups in total. The Bertz CT molecular complexity index is 657. The number of aromatic amines is 1. The van der Waals surface area contributed by atoms with Crippen LogP contribution in [-0.2, 0) is 6.42 Å². The molecule has 6 heteroatoms. The fraction of sp³-hybridized carbons (Fsp3) is 0.214. The SMILES string of the molecule is Cc1ccc(NCCc2nc(-c3ncc[nH]3)no2)cc1. The molecule has 0 aliphatic rings. The lowest BCUT2D eigenvalue weighted by Crippen LogP contribution is -2.04. The minimum absolute atomic E-state index is 0.486. The van der Waals surface area contributed by atoms with Crippen molar-refractivity contribution >= 4 is 5.69 Å². The summed E-state index contributed by atoms with van der Waals surface area (Å²) in [6.07, 6.45) is 4.05. The number of hydrogen-bond acceptors (Lipinski definition) is 5. The van der Waals surface area contributed by atoms with E-state index in [0.717, 1.165) is 12.2 Å². The molecule has 20 heavy (non-hydrogen) atoms. The van der Waals surface area contributed by atoms with Gasteiger partial charge in [0.05, 0.1) is 0 Å². The number of imidazole rings is 1. The molecule has 0 spiro atoms. The van der Waals surface area contributed by atoms with Gasteiger partial charge in [0.15, 0.2) is 5.82 Å². The molecule has 102 valence electrons. The molecule has 2 heterocycles. The summed E-state index contributed by atoms with van der Waals surface area (Å²) in [6, 6.07) is 8.25. The van der Waals surface area contributed by atoms with Crippen molar-refractivity contribution in [1.29, 1.82) is 0 Å². The fourth-order valence-corrected chi connectivity index (χ4v) is 1.83. The number of benzene rings is 1. The molecule has 0 atom stereocenters. The topological polar surface area (TPSA) is 79.6 Å². The zero-order valence-corrected chi connectivity index (χ0v) is 11.1. The third-order valence-corrected chi connectivity index (χ3v) is 2.90. The smallest absolute Gasteiger partial charge is 0.238 e. The van der Waals surface area contributed by atoms with Crippen molar-refractivity contribution in [2.75, 3.05) is 11.9 Å². The van der Waals surface area contributed by atoms with E-state index in [1.807, 2.05) is 0 Å². The van der Waals surface area contributed by atoms with E-state index in [1.54, 1.807) is 12.4 Å². The first-order chi connectivity index (χ1) is 9.81. The number of rotatable bonds is 5. The van der Waals surface area contributed by atoms with Crippen LogP contribution in [-0.4, -0.2) is 26.7 Å². The molecule has 0 amide bonds. The van der Waals surface area contributed by atoms with Crippen molar-refractivity contribution < 1.29 is 4.52 Å². The summed E-state index contributed by atoms with van der Waals surface area (Å²) in [5.41, 5.74) is 2.33. The average molecular weight is 269 g/mol. The molecule has 0 radical (unpaired) electrons. The second kappa shape index (κ2) is 5.56. The molecule has 0 aliphatic heterocycles. The van der Waals surface area contributed by atoms with Crippen LogP contribution < -0.4 is 5.32 Å². The van der Waals surface area contributed by atoms with E-state index in [9.17, 15) is 0 Å². The zero-order valence-electron chi connectivity index (χ0n) is 11.1. The molecular formula is C14H15N5O. The maximum atomic E-state index is 5.18. The van der Waals surface area contributed by atoms with Crippen molar-refractivity contribution in [2.24, 2.45) is 0 Å². The lowest BCUT2D eigenvalue weighted by atomic mass is 10.2. The number of hydrogen-bond donors (Lipinski definition) is 2. The van der Waals surface area contributed by atoms with E-state index in [2.05, 4.69) is 56.6 Å². The van der Waals surface area contributed by atoms with E-state index in [-0.39, 0.29) is 0 Å². The number of aryl methyl sites for hydroxylation is 1. The number of anilines is 1. The Morgan fingerprint density at radius 3 is 2.85 bits per heavy atom. The van der Waals surface area contributed by atoms with Gasteiger partial charge in [-0.1, -0.05) is 22.9 Å². The Morgan fingerprint density at radius 2 is 2.10 bits per heavy atom. The van der Waals surface area contributed by atoms with Crippen LogP contribution in [0.2, 0.25) is 0 Å². The Kier molecular flexibility index (Phi) is 3.45. The zero-order chi connectivity index (χ0) is 13.8. The third-order valence-electron chi connectivity index (χ3n) is 2.90. The Morgan fingerprint density at radius 1 is 1.25 bits per heavy atom. The van der Waals surface area contributed by atoms with Crippen molar-refractivity contribution in [3.8, 4) is 11.6 Å². The van der Waals surface area contributed by atoms with Crippen LogP contribution in [0.4, 0.5) is 5.69 Å². The van der Waals surface area contributed by atoms with Crippen LogP contribution in [0.3, 0.4) is 0 Å². The Labute approximate surface area is 116 Å². The molecule has 3 rings (SSSR count). The molecule has 0 fully saturated rings. The van der Waals surface area contributed by atoms with E-state index in [0.29, 0.717) is 24.0 Å². The van der Waals surface area contributed by atoms with E-state index >= 15 is 0 Å². The predicted octanol–water partition coefficient (Wildman–Crippen LogP) is 2.42. The van der Waals surface area contributed by atoms with Gasteiger partial charge in [-0.3, -0.25) is 0 Å². The Balaban J connectivity index is 1.55. The van der Waals surface area contributed by atoms with Crippen molar-refractivity contribution in [1.82, 2.24) is 20.1 Å². The van der Waals surface area contributed by atoms with Gasteiger partial charge in [-0.15, -0.1) is 0 Å². The summed E-state index contributed by atoms with van der Waals surface area (Å²) >= 11 is 0. The van der Waals surface area contributed by atoms with Crippen molar-refractivity contribution in [2.45, 2.75) is 13.3 Å². The van der Waals surface area contributed by atoms with Crippen LogP contribution in [0.25, 0.3) is 11.6 Å². The summed E-state index contributed by atoms with van der Waals surface area (Å²) < 4.78 is 5.18. The van der Waals surface area contributed by atoms with Gasteiger partial charge in [0.2, 0.25) is 11.7 Å². The van der Waals surface area contributed by atoms with Crippen LogP contribution in [0, 0.1) is 6.92 Å². The summed E-state index contributed by atoms with van der Waals surface area (Å²) in [5.74, 6) is 1.70. The second-order valence-corrected chi connectivity index (χ2v) is 4.49. The van der Waals surface area contributed by atoms with Crippen LogP contribution in [0.1, 0.15) is 11.5 Å². The molecule has 0 bridgehead atoms. The molecule has 0 unspecified atom stereocenters. The van der Waals surface area contributed by atoms with Crippen LogP contribution in [0.5, 0.6) is 0 Å². The summed E-state index contributed by atoms with van der Waals surface area (Å²) in [7, 11) is 0. The highest BCUT2D eigenvalue weighted by atomic mass is 16.5. The van der Waals surface area contributed by atoms with Crippen molar-refractivity contribution in [3.63, 3.8) is 0 Å². The first kappa shape index (κ1) is 12.4. The highest BCUT2D eigenvalue weighted by Gasteiger charge is 2.09. The fourth-order valence-electron chi connectivity index (χ4n) is 1.83. The van der Waals surface area contributed by atoms with Gasteiger partial charge in [0.1, 0.15) is 0 Å². The van der Waals surface area contributed by atoms with Gasteiger partial charge in [-0.05, 0) is 19.1 Å². The molecule has 0 aliphatic carbocycles. The molecule has 6 nitrogen and oxygen atoms in total. The van der Waals surface area contributed by atoms with E-state index < -0.39 is 0 Å². The van der Waals surface area contributed by atoms with Gasteiger partial charge >= 0.3 is 0 Å². The van der Waals surface area contributed by atoms with Crippen LogP contribution >= 0.6 is 0 Å². The summed E-state index contributed by atoms with van der Waals surface area (Å²) in [4.78, 5) is 11.3.